The van der Waals surface area contributed by atoms with Gasteiger partial charge in [0.1, 0.15) is 5.69 Å². The monoisotopic (exact) mass is 252 g/mol. The zero-order chi connectivity index (χ0) is 13.1. The number of hydrogen-bond donors (Lipinski definition) is 1. The van der Waals surface area contributed by atoms with Gasteiger partial charge in [-0.2, -0.15) is 0 Å². The van der Waals surface area contributed by atoms with Crippen LogP contribution in [0.1, 0.15) is 31.5 Å². The molecule has 0 spiro atoms. The number of carbonyl (C=O) groups is 1. The molecule has 90 valence electrons. The van der Waals surface area contributed by atoms with Crippen LogP contribution in [0.5, 0.6) is 0 Å². The SMILES string of the molecule is [C-]#[N+]C(C)(C)c1ncc(CCC(=O)O)cc1Cl. The van der Waals surface area contributed by atoms with E-state index in [0.717, 1.165) is 5.56 Å². The molecule has 1 aromatic heterocycles. The molecule has 0 bridgehead atoms. The van der Waals surface area contributed by atoms with Gasteiger partial charge in [-0.25, -0.2) is 6.57 Å². The Morgan fingerprint density at radius 3 is 2.76 bits per heavy atom. The Morgan fingerprint density at radius 2 is 2.29 bits per heavy atom. The van der Waals surface area contributed by atoms with Crippen LogP contribution < -0.4 is 0 Å². The molecule has 0 saturated carbocycles. The molecule has 1 heterocycles. The topological polar surface area (TPSA) is 54.5 Å². The molecule has 1 rings (SSSR count). The molecule has 0 unspecified atom stereocenters. The van der Waals surface area contributed by atoms with E-state index < -0.39 is 11.5 Å². The zero-order valence-electron chi connectivity index (χ0n) is 9.70. The van der Waals surface area contributed by atoms with Gasteiger partial charge in [-0.15, -0.1) is 0 Å². The van der Waals surface area contributed by atoms with E-state index in [1.165, 1.54) is 0 Å². The maximum absolute atomic E-state index is 10.4. The molecule has 1 N–H and O–H groups in total. The van der Waals surface area contributed by atoms with Crippen LogP contribution in [0.15, 0.2) is 12.3 Å². The normalized spacial score (nSPS) is 10.9. The Labute approximate surface area is 105 Å². The molecule has 1 aromatic rings. The van der Waals surface area contributed by atoms with Gasteiger partial charge in [0.05, 0.1) is 5.02 Å². The highest BCUT2D eigenvalue weighted by Gasteiger charge is 2.30. The summed E-state index contributed by atoms with van der Waals surface area (Å²) in [6.07, 6.45) is 2.02. The fraction of sp³-hybridized carbons (Fsp3) is 0.417. The lowest BCUT2D eigenvalue weighted by Gasteiger charge is -2.12. The Balaban J connectivity index is 2.95. The van der Waals surface area contributed by atoms with Gasteiger partial charge in [-0.3, -0.25) is 9.78 Å². The number of aliphatic carboxylic acids is 1. The van der Waals surface area contributed by atoms with Gasteiger partial charge in [-0.05, 0) is 18.1 Å². The highest BCUT2D eigenvalue weighted by atomic mass is 35.5. The van der Waals surface area contributed by atoms with Gasteiger partial charge in [0, 0.05) is 26.5 Å². The summed E-state index contributed by atoms with van der Waals surface area (Å²) >= 11 is 6.05. The largest absolute Gasteiger partial charge is 0.481 e. The van der Waals surface area contributed by atoms with Crippen LogP contribution in [0.3, 0.4) is 0 Å². The van der Waals surface area contributed by atoms with Crippen LogP contribution in [0.2, 0.25) is 5.02 Å². The second kappa shape index (κ2) is 5.15. The molecule has 0 aliphatic carbocycles. The molecule has 17 heavy (non-hydrogen) atoms. The van der Waals surface area contributed by atoms with E-state index >= 15 is 0 Å². The lowest BCUT2D eigenvalue weighted by molar-refractivity contribution is -0.136. The van der Waals surface area contributed by atoms with Crippen molar-refractivity contribution in [2.45, 2.75) is 32.2 Å². The molecule has 0 radical (unpaired) electrons. The number of rotatable bonds is 4. The van der Waals surface area contributed by atoms with Crippen LogP contribution in [-0.4, -0.2) is 16.1 Å². The average Bonchev–Trinajstić information content (AvgIpc) is 2.26. The van der Waals surface area contributed by atoms with Crippen molar-refractivity contribution >= 4 is 17.6 Å². The summed E-state index contributed by atoms with van der Waals surface area (Å²) in [5, 5.41) is 8.98. The van der Waals surface area contributed by atoms with Crippen LogP contribution in [0.4, 0.5) is 0 Å². The molecule has 0 aliphatic rings. The predicted octanol–water partition coefficient (Wildman–Crippen LogP) is 2.91. The predicted molar refractivity (Wildman–Crippen MR) is 64.8 cm³/mol. The summed E-state index contributed by atoms with van der Waals surface area (Å²) in [6, 6.07) is 1.68. The van der Waals surface area contributed by atoms with Gasteiger partial charge in [0.2, 0.25) is 0 Å². The standard InChI is InChI=1S/C12H13ClN2O2/c1-12(2,14-3)11-9(13)6-8(7-15-11)4-5-10(16)17/h6-7H,4-5H2,1-2H3,(H,16,17). The fourth-order valence-corrected chi connectivity index (χ4v) is 1.79. The van der Waals surface area contributed by atoms with E-state index in [-0.39, 0.29) is 6.42 Å². The summed E-state index contributed by atoms with van der Waals surface area (Å²) in [6.45, 7) is 10.6. The lowest BCUT2D eigenvalue weighted by Crippen LogP contribution is -2.14. The van der Waals surface area contributed by atoms with E-state index in [1.54, 1.807) is 26.1 Å². The minimum Gasteiger partial charge on any atom is -0.481 e. The minimum absolute atomic E-state index is 0.0452. The van der Waals surface area contributed by atoms with E-state index in [2.05, 4.69) is 9.83 Å². The molecular formula is C12H13ClN2O2. The Morgan fingerprint density at radius 1 is 1.65 bits per heavy atom. The average molecular weight is 253 g/mol. The van der Waals surface area contributed by atoms with Crippen molar-refractivity contribution in [3.05, 3.63) is 40.0 Å². The number of hydrogen-bond acceptors (Lipinski definition) is 2. The van der Waals surface area contributed by atoms with E-state index in [1.807, 2.05) is 0 Å². The minimum atomic E-state index is -0.855. The molecule has 0 atom stereocenters. The summed E-state index contributed by atoms with van der Waals surface area (Å²) in [5.74, 6) is -0.855. The smallest absolute Gasteiger partial charge is 0.303 e. The van der Waals surface area contributed by atoms with Gasteiger partial charge < -0.3 is 9.95 Å². The van der Waals surface area contributed by atoms with Crippen LogP contribution in [0.25, 0.3) is 4.85 Å². The van der Waals surface area contributed by atoms with Crippen molar-refractivity contribution in [2.75, 3.05) is 0 Å². The first kappa shape index (κ1) is 13.5. The highest BCUT2D eigenvalue weighted by Crippen LogP contribution is 2.29. The summed E-state index contributed by atoms with van der Waals surface area (Å²) in [4.78, 5) is 18.1. The molecule has 5 heteroatoms. The maximum atomic E-state index is 10.4. The Hall–Kier alpha value is -1.60. The Bertz CT molecular complexity index is 478. The third kappa shape index (κ3) is 3.43. The van der Waals surface area contributed by atoms with Gasteiger partial charge in [0.25, 0.3) is 5.54 Å². The van der Waals surface area contributed by atoms with Crippen molar-refractivity contribution in [1.82, 2.24) is 4.98 Å². The van der Waals surface area contributed by atoms with E-state index in [9.17, 15) is 4.79 Å². The van der Waals surface area contributed by atoms with Gasteiger partial charge in [-0.1, -0.05) is 11.6 Å². The molecular weight excluding hydrogens is 240 g/mol. The summed E-state index contributed by atoms with van der Waals surface area (Å²) in [5.41, 5.74) is 0.526. The van der Waals surface area contributed by atoms with Gasteiger partial charge >= 0.3 is 5.97 Å². The molecule has 0 aromatic carbocycles. The number of aromatic nitrogens is 1. The molecule has 0 amide bonds. The number of nitrogens with zero attached hydrogens (tertiary/aromatic N) is 2. The molecule has 0 aliphatic heterocycles. The fourth-order valence-electron chi connectivity index (χ4n) is 1.37. The van der Waals surface area contributed by atoms with Crippen LogP contribution >= 0.6 is 11.6 Å². The first-order valence-electron chi connectivity index (χ1n) is 5.12. The number of pyridine rings is 1. The van der Waals surface area contributed by atoms with Crippen LogP contribution in [0, 0.1) is 6.57 Å². The van der Waals surface area contributed by atoms with Gasteiger partial charge in [0.15, 0.2) is 0 Å². The highest BCUT2D eigenvalue weighted by molar-refractivity contribution is 6.31. The number of carboxylic acid groups (broad SMARTS) is 1. The Kier molecular flexibility index (Phi) is 4.08. The maximum Gasteiger partial charge on any atom is 0.303 e. The van der Waals surface area contributed by atoms with Crippen molar-refractivity contribution in [2.24, 2.45) is 0 Å². The van der Waals surface area contributed by atoms with Crippen molar-refractivity contribution in [3.63, 3.8) is 0 Å². The first-order valence-corrected chi connectivity index (χ1v) is 5.50. The zero-order valence-corrected chi connectivity index (χ0v) is 10.5. The van der Waals surface area contributed by atoms with Crippen molar-refractivity contribution < 1.29 is 9.90 Å². The van der Waals surface area contributed by atoms with Crippen molar-refractivity contribution in [3.8, 4) is 0 Å². The third-order valence-corrected chi connectivity index (χ3v) is 2.67. The lowest BCUT2D eigenvalue weighted by atomic mass is 10.00. The molecule has 0 fully saturated rings. The number of carboxylic acids is 1. The number of aryl methyl sites for hydroxylation is 1. The summed E-state index contributed by atoms with van der Waals surface area (Å²) < 4.78 is 0. The van der Waals surface area contributed by atoms with E-state index in [4.69, 9.17) is 23.3 Å². The molecule has 0 saturated heterocycles. The number of halogens is 1. The van der Waals surface area contributed by atoms with E-state index in [0.29, 0.717) is 17.1 Å². The first-order chi connectivity index (χ1) is 7.86. The quantitative estimate of drug-likeness (QED) is 0.839. The second-order valence-corrected chi connectivity index (χ2v) is 4.65. The second-order valence-electron chi connectivity index (χ2n) is 4.24. The van der Waals surface area contributed by atoms with Crippen LogP contribution in [-0.2, 0) is 16.8 Å². The van der Waals surface area contributed by atoms with Crippen molar-refractivity contribution in [1.29, 1.82) is 0 Å². The molecule has 4 nitrogen and oxygen atoms in total. The summed E-state index contributed by atoms with van der Waals surface area (Å²) in [7, 11) is 0. The third-order valence-electron chi connectivity index (χ3n) is 2.38.